The molecule has 0 aliphatic rings. The van der Waals surface area contributed by atoms with Crippen LogP contribution in [0.2, 0.25) is 0 Å². The van der Waals surface area contributed by atoms with Gasteiger partial charge in [0, 0.05) is 31.8 Å². The first kappa shape index (κ1) is 18.7. The van der Waals surface area contributed by atoms with E-state index in [1.165, 1.54) is 45.5 Å². The van der Waals surface area contributed by atoms with Crippen molar-refractivity contribution in [2.75, 3.05) is 12.3 Å². The van der Waals surface area contributed by atoms with E-state index in [0.29, 0.717) is 16.4 Å². The van der Waals surface area contributed by atoms with Crippen molar-refractivity contribution in [2.45, 2.75) is 11.7 Å². The molecule has 0 fully saturated rings. The van der Waals surface area contributed by atoms with Crippen LogP contribution in [0.5, 0.6) is 0 Å². The van der Waals surface area contributed by atoms with Crippen LogP contribution in [0, 0.1) is 5.82 Å². The number of amides is 1. The Morgan fingerprint density at radius 1 is 1.30 bits per heavy atom. The predicted molar refractivity (Wildman–Crippen MR) is 96.4 cm³/mol. The number of carbonyl (C=O) groups excluding carboxylic acids is 1. The van der Waals surface area contributed by atoms with Gasteiger partial charge in [0.1, 0.15) is 5.82 Å². The van der Waals surface area contributed by atoms with Gasteiger partial charge in [-0.2, -0.15) is 0 Å². The summed E-state index contributed by atoms with van der Waals surface area (Å²) in [5, 5.41) is 14.2. The fraction of sp³-hybridized carbons (Fsp3) is 0.250. The third kappa shape index (κ3) is 4.97. The zero-order valence-corrected chi connectivity index (χ0v) is 15.2. The van der Waals surface area contributed by atoms with Gasteiger partial charge >= 0.3 is 0 Å². The Morgan fingerprint density at radius 2 is 2.07 bits per heavy atom. The first-order valence-corrected chi connectivity index (χ1v) is 8.96. The summed E-state index contributed by atoms with van der Waals surface area (Å²) in [6.45, 7) is 0.575. The molecule has 0 aliphatic carbocycles. The highest BCUT2D eigenvalue weighted by Crippen LogP contribution is 2.15. The number of aryl methyl sites for hydroxylation is 1. The Kier molecular flexibility index (Phi) is 5.91. The molecule has 1 N–H and O–H groups in total. The number of nitrogens with zero attached hydrogens (tertiary/aromatic N) is 6. The summed E-state index contributed by atoms with van der Waals surface area (Å²) in [7, 11) is 1.69. The van der Waals surface area contributed by atoms with Gasteiger partial charge in [0.2, 0.25) is 11.1 Å². The van der Waals surface area contributed by atoms with Crippen molar-refractivity contribution in [1.29, 1.82) is 0 Å². The molecule has 1 amide bonds. The van der Waals surface area contributed by atoms with Gasteiger partial charge < -0.3 is 5.32 Å². The number of halogens is 1. The minimum absolute atomic E-state index is 0.171. The molecule has 0 spiro atoms. The van der Waals surface area contributed by atoms with Gasteiger partial charge in [-0.15, -0.1) is 5.10 Å². The second kappa shape index (κ2) is 8.54. The zero-order chi connectivity index (χ0) is 19.2. The second-order valence-corrected chi connectivity index (χ2v) is 6.48. The number of rotatable bonds is 7. The number of hydrogen-bond acceptors (Lipinski definition) is 7. The summed E-state index contributed by atoms with van der Waals surface area (Å²) >= 11 is 1.22. The molecule has 0 unspecified atom stereocenters. The van der Waals surface area contributed by atoms with Crippen LogP contribution in [0.15, 0.2) is 46.6 Å². The third-order valence-electron chi connectivity index (χ3n) is 3.61. The van der Waals surface area contributed by atoms with E-state index in [-0.39, 0.29) is 36.1 Å². The van der Waals surface area contributed by atoms with Gasteiger partial charge in [0.05, 0.1) is 17.8 Å². The molecular weight excluding hydrogens is 373 g/mol. The number of aromatic nitrogens is 6. The predicted octanol–water partition coefficient (Wildman–Crippen LogP) is 0.481. The van der Waals surface area contributed by atoms with E-state index < -0.39 is 0 Å². The van der Waals surface area contributed by atoms with E-state index in [9.17, 15) is 14.0 Å². The van der Waals surface area contributed by atoms with Crippen molar-refractivity contribution in [3.63, 3.8) is 0 Å². The molecular formula is C16H16FN7O2S. The molecule has 2 aromatic heterocycles. The van der Waals surface area contributed by atoms with Crippen LogP contribution in [-0.4, -0.2) is 48.0 Å². The molecule has 0 atom stereocenters. The Bertz CT molecular complexity index is 987. The molecule has 9 nitrogen and oxygen atoms in total. The molecule has 1 aromatic carbocycles. The van der Waals surface area contributed by atoms with E-state index in [1.807, 2.05) is 0 Å². The van der Waals surface area contributed by atoms with Gasteiger partial charge in [-0.05, 0) is 34.7 Å². The Hall–Kier alpha value is -3.08. The van der Waals surface area contributed by atoms with E-state index in [2.05, 4.69) is 25.8 Å². The first-order chi connectivity index (χ1) is 13.0. The van der Waals surface area contributed by atoms with Gasteiger partial charge in [-0.25, -0.2) is 14.1 Å². The lowest BCUT2D eigenvalue weighted by Gasteiger charge is -2.08. The van der Waals surface area contributed by atoms with E-state index >= 15 is 0 Å². The molecule has 0 bridgehead atoms. The minimum Gasteiger partial charge on any atom is -0.354 e. The van der Waals surface area contributed by atoms with E-state index in [4.69, 9.17) is 0 Å². The minimum atomic E-state index is -0.351. The summed E-state index contributed by atoms with van der Waals surface area (Å²) in [5.74, 6) is -0.367. The Labute approximate surface area is 157 Å². The molecule has 0 aliphatic heterocycles. The van der Waals surface area contributed by atoms with Crippen LogP contribution in [0.4, 0.5) is 4.39 Å². The lowest BCUT2D eigenvalue weighted by Crippen LogP contribution is -2.31. The van der Waals surface area contributed by atoms with Crippen molar-refractivity contribution < 1.29 is 9.18 Å². The maximum atomic E-state index is 13.0. The van der Waals surface area contributed by atoms with Crippen LogP contribution in [0.1, 0.15) is 0 Å². The molecule has 27 heavy (non-hydrogen) atoms. The van der Waals surface area contributed by atoms with Gasteiger partial charge in [0.25, 0.3) is 5.56 Å². The van der Waals surface area contributed by atoms with Crippen LogP contribution >= 0.6 is 11.8 Å². The van der Waals surface area contributed by atoms with Gasteiger partial charge in [-0.3, -0.25) is 14.2 Å². The third-order valence-corrected chi connectivity index (χ3v) is 4.62. The maximum absolute atomic E-state index is 13.0. The van der Waals surface area contributed by atoms with Crippen molar-refractivity contribution >= 4 is 17.7 Å². The van der Waals surface area contributed by atoms with E-state index in [1.54, 1.807) is 19.2 Å². The summed E-state index contributed by atoms with van der Waals surface area (Å²) in [5.41, 5.74) is 0.872. The summed E-state index contributed by atoms with van der Waals surface area (Å²) in [6.07, 6.45) is 1.41. The van der Waals surface area contributed by atoms with Crippen LogP contribution in [-0.2, 0) is 18.4 Å². The summed E-state index contributed by atoms with van der Waals surface area (Å²) in [4.78, 5) is 28.2. The fourth-order valence-corrected chi connectivity index (χ4v) is 2.89. The molecule has 2 heterocycles. The van der Waals surface area contributed by atoms with Crippen molar-refractivity contribution in [3.8, 4) is 11.3 Å². The number of benzene rings is 1. The average molecular weight is 389 g/mol. The molecule has 3 aromatic rings. The molecule has 0 saturated carbocycles. The number of nitrogens with one attached hydrogen (secondary N) is 1. The highest BCUT2D eigenvalue weighted by molar-refractivity contribution is 7.99. The zero-order valence-electron chi connectivity index (χ0n) is 14.4. The molecule has 0 radical (unpaired) electrons. The lowest BCUT2D eigenvalue weighted by molar-refractivity contribution is -0.118. The summed E-state index contributed by atoms with van der Waals surface area (Å²) in [6, 6.07) is 7.13. The average Bonchev–Trinajstić information content (AvgIpc) is 3.07. The smallest absolute Gasteiger partial charge is 0.253 e. The Balaban J connectivity index is 1.51. The van der Waals surface area contributed by atoms with E-state index in [0.717, 1.165) is 0 Å². The summed E-state index contributed by atoms with van der Waals surface area (Å²) < 4.78 is 15.8. The highest BCUT2D eigenvalue weighted by Gasteiger charge is 2.08. The Morgan fingerprint density at radius 3 is 2.74 bits per heavy atom. The SMILES string of the molecule is Cn1nnnc1SCC(=O)NCCn1cnc(-c2ccc(F)cc2)cc1=O. The number of thioether (sulfide) groups is 1. The highest BCUT2D eigenvalue weighted by atomic mass is 32.2. The van der Waals surface area contributed by atoms with Crippen molar-refractivity contribution in [3.05, 3.63) is 52.8 Å². The van der Waals surface area contributed by atoms with Crippen LogP contribution in [0.25, 0.3) is 11.3 Å². The van der Waals surface area contributed by atoms with Crippen molar-refractivity contribution in [1.82, 2.24) is 35.1 Å². The lowest BCUT2D eigenvalue weighted by atomic mass is 10.1. The van der Waals surface area contributed by atoms with Gasteiger partial charge in [0.15, 0.2) is 0 Å². The second-order valence-electron chi connectivity index (χ2n) is 5.54. The number of hydrogen-bond donors (Lipinski definition) is 1. The molecule has 11 heteroatoms. The first-order valence-electron chi connectivity index (χ1n) is 7.97. The monoisotopic (exact) mass is 389 g/mol. The quantitative estimate of drug-likeness (QED) is 0.586. The van der Waals surface area contributed by atoms with Crippen LogP contribution < -0.4 is 10.9 Å². The largest absolute Gasteiger partial charge is 0.354 e. The standard InChI is InChI=1S/C16H16FN7O2S/c1-23-16(20-21-22-23)27-9-14(25)18-6-7-24-10-19-13(8-15(24)26)11-2-4-12(17)5-3-11/h2-5,8,10H,6-7,9H2,1H3,(H,18,25). The molecule has 0 saturated heterocycles. The topological polar surface area (TPSA) is 108 Å². The van der Waals surface area contributed by atoms with Gasteiger partial charge in [-0.1, -0.05) is 11.8 Å². The number of carbonyl (C=O) groups is 1. The fourth-order valence-electron chi connectivity index (χ4n) is 2.21. The van der Waals surface area contributed by atoms with Crippen molar-refractivity contribution in [2.24, 2.45) is 7.05 Å². The number of tetrazole rings is 1. The normalized spacial score (nSPS) is 10.7. The molecule has 140 valence electrons. The molecule has 3 rings (SSSR count). The van der Waals surface area contributed by atoms with Crippen LogP contribution in [0.3, 0.4) is 0 Å². The maximum Gasteiger partial charge on any atom is 0.253 e.